The van der Waals surface area contributed by atoms with Crippen molar-refractivity contribution in [3.05, 3.63) is 107 Å². The standard InChI is InChI=1S/C29H28ClN5OS/c1-21-7-3-12-26(30)28(21)37-33-27(13-16-35-15-6-11-25(35)18-31)29(36)34(2)20-22-8-4-9-23(17-22)24-10-5-14-32-19-24/h3-12,14-15,17,19,27,33H,13,16,20H2,1-2H3. The number of nitrogens with one attached hydrogen (secondary N) is 1. The van der Waals surface area contributed by atoms with Gasteiger partial charge in [-0.1, -0.05) is 48.0 Å². The van der Waals surface area contributed by atoms with Gasteiger partial charge in [-0.3, -0.25) is 9.78 Å². The van der Waals surface area contributed by atoms with Crippen LogP contribution in [0.15, 0.2) is 90.2 Å². The number of aryl methyl sites for hydroxylation is 2. The number of benzene rings is 2. The molecule has 2 aromatic carbocycles. The van der Waals surface area contributed by atoms with E-state index >= 15 is 0 Å². The maximum absolute atomic E-state index is 13.6. The lowest BCUT2D eigenvalue weighted by molar-refractivity contribution is -0.132. The molecule has 0 bridgehead atoms. The molecule has 2 heterocycles. The largest absolute Gasteiger partial charge is 0.340 e. The first-order chi connectivity index (χ1) is 18.0. The second-order valence-electron chi connectivity index (χ2n) is 8.78. The first-order valence-electron chi connectivity index (χ1n) is 11.9. The Balaban J connectivity index is 1.50. The van der Waals surface area contributed by atoms with Gasteiger partial charge in [0.05, 0.1) is 11.1 Å². The smallest absolute Gasteiger partial charge is 0.240 e. The Morgan fingerprint density at radius 2 is 1.97 bits per heavy atom. The Morgan fingerprint density at radius 3 is 2.73 bits per heavy atom. The summed E-state index contributed by atoms with van der Waals surface area (Å²) in [6, 6.07) is 23.1. The number of nitriles is 1. The summed E-state index contributed by atoms with van der Waals surface area (Å²) < 4.78 is 5.22. The molecule has 0 aliphatic heterocycles. The Kier molecular flexibility index (Phi) is 9.02. The minimum absolute atomic E-state index is 0.0327. The van der Waals surface area contributed by atoms with E-state index in [-0.39, 0.29) is 5.91 Å². The van der Waals surface area contributed by atoms with Crippen LogP contribution in [-0.2, 0) is 17.9 Å². The van der Waals surface area contributed by atoms with Gasteiger partial charge in [-0.25, -0.2) is 4.72 Å². The van der Waals surface area contributed by atoms with Crippen molar-refractivity contribution < 1.29 is 4.79 Å². The van der Waals surface area contributed by atoms with Gasteiger partial charge in [-0.2, -0.15) is 5.26 Å². The van der Waals surface area contributed by atoms with Crippen LogP contribution in [0.1, 0.15) is 23.2 Å². The lowest BCUT2D eigenvalue weighted by atomic mass is 10.0. The molecular weight excluding hydrogens is 502 g/mol. The summed E-state index contributed by atoms with van der Waals surface area (Å²) in [6.07, 6.45) is 5.96. The fourth-order valence-electron chi connectivity index (χ4n) is 4.09. The van der Waals surface area contributed by atoms with Crippen molar-refractivity contribution in [2.45, 2.75) is 37.4 Å². The molecule has 6 nitrogen and oxygen atoms in total. The summed E-state index contributed by atoms with van der Waals surface area (Å²) in [4.78, 5) is 20.5. The number of carbonyl (C=O) groups is 1. The molecule has 0 radical (unpaired) electrons. The van der Waals surface area contributed by atoms with Crippen molar-refractivity contribution in [1.29, 1.82) is 5.26 Å². The number of carbonyl (C=O) groups excluding carboxylic acids is 1. The fraction of sp³-hybridized carbons (Fsp3) is 0.207. The van der Waals surface area contributed by atoms with Crippen molar-refractivity contribution in [2.24, 2.45) is 0 Å². The van der Waals surface area contributed by atoms with E-state index in [0.29, 0.717) is 30.2 Å². The second-order valence-corrected chi connectivity index (χ2v) is 10.0. The van der Waals surface area contributed by atoms with Crippen molar-refractivity contribution in [2.75, 3.05) is 7.05 Å². The van der Waals surface area contributed by atoms with E-state index in [0.717, 1.165) is 27.1 Å². The maximum atomic E-state index is 13.6. The van der Waals surface area contributed by atoms with E-state index in [1.807, 2.05) is 85.5 Å². The zero-order valence-electron chi connectivity index (χ0n) is 20.8. The lowest BCUT2D eigenvalue weighted by Gasteiger charge is -2.25. The molecule has 1 N–H and O–H groups in total. The molecule has 0 aliphatic rings. The van der Waals surface area contributed by atoms with Gasteiger partial charge in [0, 0.05) is 43.6 Å². The molecule has 0 saturated heterocycles. The first kappa shape index (κ1) is 26.5. The molecule has 1 amide bonds. The number of halogens is 1. The summed E-state index contributed by atoms with van der Waals surface area (Å²) in [5.41, 5.74) is 4.73. The van der Waals surface area contributed by atoms with Crippen molar-refractivity contribution >= 4 is 29.5 Å². The third-order valence-electron chi connectivity index (χ3n) is 6.09. The van der Waals surface area contributed by atoms with Gasteiger partial charge in [0.2, 0.25) is 5.91 Å². The van der Waals surface area contributed by atoms with E-state index in [9.17, 15) is 10.1 Å². The van der Waals surface area contributed by atoms with Gasteiger partial charge in [-0.05, 0) is 77.9 Å². The third kappa shape index (κ3) is 6.80. The Bertz CT molecular complexity index is 1380. The van der Waals surface area contributed by atoms with Crippen LogP contribution in [0.5, 0.6) is 0 Å². The quantitative estimate of drug-likeness (QED) is 0.251. The van der Waals surface area contributed by atoms with Crippen molar-refractivity contribution in [3.63, 3.8) is 0 Å². The highest BCUT2D eigenvalue weighted by Gasteiger charge is 2.23. The van der Waals surface area contributed by atoms with E-state index in [4.69, 9.17) is 11.6 Å². The molecule has 0 aliphatic carbocycles. The number of hydrogen-bond acceptors (Lipinski definition) is 5. The van der Waals surface area contributed by atoms with Gasteiger partial charge in [0.1, 0.15) is 11.8 Å². The topological polar surface area (TPSA) is 74.0 Å². The Morgan fingerprint density at radius 1 is 1.16 bits per heavy atom. The minimum atomic E-state index is -0.485. The summed E-state index contributed by atoms with van der Waals surface area (Å²) in [7, 11) is 1.82. The molecule has 188 valence electrons. The number of hydrogen-bond donors (Lipinski definition) is 1. The van der Waals surface area contributed by atoms with Crippen LogP contribution in [0.25, 0.3) is 11.1 Å². The number of pyridine rings is 1. The summed E-state index contributed by atoms with van der Waals surface area (Å²) in [5, 5.41) is 10.0. The summed E-state index contributed by atoms with van der Waals surface area (Å²) in [5.74, 6) is -0.0327. The van der Waals surface area contributed by atoms with Crippen LogP contribution < -0.4 is 4.72 Å². The fourth-order valence-corrected chi connectivity index (χ4v) is 5.30. The zero-order chi connectivity index (χ0) is 26.2. The number of amides is 1. The molecule has 1 unspecified atom stereocenters. The van der Waals surface area contributed by atoms with E-state index in [2.05, 4.69) is 21.8 Å². The second kappa shape index (κ2) is 12.6. The normalized spacial score (nSPS) is 11.6. The number of likely N-dealkylation sites (N-methyl/N-ethyl adjacent to an activating group) is 1. The molecule has 2 aromatic heterocycles. The highest BCUT2D eigenvalue weighted by atomic mass is 35.5. The predicted octanol–water partition coefficient (Wildman–Crippen LogP) is 6.10. The Hall–Kier alpha value is -3.57. The van der Waals surface area contributed by atoms with E-state index < -0.39 is 6.04 Å². The van der Waals surface area contributed by atoms with E-state index in [1.54, 1.807) is 17.2 Å². The third-order valence-corrected chi connectivity index (χ3v) is 7.66. The molecule has 0 saturated carbocycles. The first-order valence-corrected chi connectivity index (χ1v) is 13.1. The van der Waals surface area contributed by atoms with Gasteiger partial charge in [-0.15, -0.1) is 0 Å². The Labute approximate surface area is 227 Å². The molecule has 1 atom stereocenters. The number of aromatic nitrogens is 2. The van der Waals surface area contributed by atoms with Crippen molar-refractivity contribution in [1.82, 2.24) is 19.2 Å². The monoisotopic (exact) mass is 529 g/mol. The maximum Gasteiger partial charge on any atom is 0.240 e. The molecule has 4 aromatic rings. The number of nitrogens with zero attached hydrogens (tertiary/aromatic N) is 4. The minimum Gasteiger partial charge on any atom is -0.340 e. The molecule has 0 spiro atoms. The summed E-state index contributed by atoms with van der Waals surface area (Å²) in [6.45, 7) is 2.99. The molecule has 4 rings (SSSR count). The zero-order valence-corrected chi connectivity index (χ0v) is 22.3. The van der Waals surface area contributed by atoms with Crippen LogP contribution >= 0.6 is 23.5 Å². The van der Waals surface area contributed by atoms with Crippen molar-refractivity contribution in [3.8, 4) is 17.2 Å². The SMILES string of the molecule is Cc1cccc(Cl)c1SNC(CCn1cccc1C#N)C(=O)N(C)Cc1cccc(-c2cccnc2)c1. The number of rotatable bonds is 10. The van der Waals surface area contributed by atoms with Crippen LogP contribution in [0, 0.1) is 18.3 Å². The summed E-state index contributed by atoms with van der Waals surface area (Å²) >= 11 is 7.79. The average molecular weight is 530 g/mol. The van der Waals surface area contributed by atoms with Gasteiger partial charge >= 0.3 is 0 Å². The average Bonchev–Trinajstić information content (AvgIpc) is 3.38. The van der Waals surface area contributed by atoms with Crippen LogP contribution in [-0.4, -0.2) is 33.4 Å². The van der Waals surface area contributed by atoms with Crippen LogP contribution in [0.4, 0.5) is 0 Å². The predicted molar refractivity (Wildman–Crippen MR) is 149 cm³/mol. The highest BCUT2D eigenvalue weighted by Crippen LogP contribution is 2.29. The molecule has 8 heteroatoms. The van der Waals surface area contributed by atoms with Crippen LogP contribution in [0.2, 0.25) is 5.02 Å². The molecule has 37 heavy (non-hydrogen) atoms. The lowest BCUT2D eigenvalue weighted by Crippen LogP contribution is -2.43. The van der Waals surface area contributed by atoms with Crippen LogP contribution in [0.3, 0.4) is 0 Å². The van der Waals surface area contributed by atoms with Gasteiger partial charge in [0.15, 0.2) is 0 Å². The van der Waals surface area contributed by atoms with Gasteiger partial charge < -0.3 is 9.47 Å². The molecule has 0 fully saturated rings. The van der Waals surface area contributed by atoms with E-state index in [1.165, 1.54) is 11.9 Å². The van der Waals surface area contributed by atoms with Gasteiger partial charge in [0.25, 0.3) is 0 Å². The highest BCUT2D eigenvalue weighted by molar-refractivity contribution is 7.97. The molecular formula is C29H28ClN5OS.